The van der Waals surface area contributed by atoms with Crippen LogP contribution in [0, 0.1) is 0 Å². The van der Waals surface area contributed by atoms with Crippen LogP contribution in [0.3, 0.4) is 0 Å². The van der Waals surface area contributed by atoms with Crippen LogP contribution >= 0.6 is 0 Å². The first-order chi connectivity index (χ1) is 20.6. The molecule has 1 heterocycles. The van der Waals surface area contributed by atoms with E-state index in [2.05, 4.69) is 16.0 Å². The Hall–Kier alpha value is -2.48. The summed E-state index contributed by atoms with van der Waals surface area (Å²) in [5.41, 5.74) is 10.6. The van der Waals surface area contributed by atoms with Crippen LogP contribution in [0.15, 0.2) is 0 Å². The van der Waals surface area contributed by atoms with Gasteiger partial charge in [0.05, 0.1) is 26.2 Å². The summed E-state index contributed by atoms with van der Waals surface area (Å²) in [6, 6.07) is 0. The van der Waals surface area contributed by atoms with Crippen molar-refractivity contribution >= 4 is 23.9 Å². The minimum atomic E-state index is -0.979. The lowest BCUT2D eigenvalue weighted by Crippen LogP contribution is -2.44. The number of hydrogen-bond acceptors (Lipinski definition) is 13. The number of rotatable bonds is 18. The molecule has 0 saturated carbocycles. The molecular formula is C26H55N9O8. The Morgan fingerprint density at radius 1 is 0.442 bits per heavy atom. The second kappa shape index (κ2) is 27.1. The van der Waals surface area contributed by atoms with Gasteiger partial charge in [-0.1, -0.05) is 0 Å². The molecule has 0 atom stereocenters. The molecule has 1 rings (SSSR count). The largest absolute Gasteiger partial charge is 0.480 e. The van der Waals surface area contributed by atoms with E-state index in [0.29, 0.717) is 78.3 Å². The fourth-order valence-corrected chi connectivity index (χ4v) is 4.38. The second-order valence-corrected chi connectivity index (χ2v) is 10.2. The molecule has 0 unspecified atom stereocenters. The normalized spacial score (nSPS) is 17.0. The predicted octanol–water partition coefficient (Wildman–Crippen LogP) is -4.00. The summed E-state index contributed by atoms with van der Waals surface area (Å²) in [6.07, 6.45) is 1.08. The number of carboxylic acid groups (broad SMARTS) is 4. The van der Waals surface area contributed by atoms with E-state index < -0.39 is 23.9 Å². The Labute approximate surface area is 254 Å². The van der Waals surface area contributed by atoms with Crippen LogP contribution in [0.5, 0.6) is 0 Å². The zero-order valence-corrected chi connectivity index (χ0v) is 25.4. The van der Waals surface area contributed by atoms with Crippen LogP contribution < -0.4 is 27.4 Å². The van der Waals surface area contributed by atoms with Crippen molar-refractivity contribution in [3.63, 3.8) is 0 Å². The molecule has 1 aliphatic rings. The molecule has 0 aliphatic carbocycles. The second-order valence-electron chi connectivity index (χ2n) is 10.2. The molecule has 1 fully saturated rings. The minimum Gasteiger partial charge on any atom is -0.480 e. The molecule has 0 aromatic heterocycles. The van der Waals surface area contributed by atoms with Crippen molar-refractivity contribution < 1.29 is 39.6 Å². The Bertz CT molecular complexity index is 658. The van der Waals surface area contributed by atoms with Crippen molar-refractivity contribution in [2.75, 3.05) is 131 Å². The van der Waals surface area contributed by atoms with Gasteiger partial charge in [0.2, 0.25) is 0 Å². The van der Waals surface area contributed by atoms with Gasteiger partial charge in [-0.05, 0) is 12.8 Å². The highest BCUT2D eigenvalue weighted by molar-refractivity contribution is 5.70. The molecule has 11 N–H and O–H groups in total. The first kappa shape index (κ1) is 40.5. The predicted molar refractivity (Wildman–Crippen MR) is 162 cm³/mol. The van der Waals surface area contributed by atoms with E-state index in [0.717, 1.165) is 39.3 Å². The van der Waals surface area contributed by atoms with Crippen molar-refractivity contribution in [2.24, 2.45) is 11.5 Å². The minimum absolute atomic E-state index is 0.174. The van der Waals surface area contributed by atoms with Gasteiger partial charge >= 0.3 is 23.9 Å². The highest BCUT2D eigenvalue weighted by Gasteiger charge is 2.19. The molecule has 0 radical (unpaired) electrons. The third kappa shape index (κ3) is 26.8. The Morgan fingerprint density at radius 2 is 0.674 bits per heavy atom. The molecule has 0 bridgehead atoms. The van der Waals surface area contributed by atoms with Gasteiger partial charge in [0, 0.05) is 105 Å². The molecule has 0 aromatic rings. The number of nitrogens with two attached hydrogens (primary N) is 2. The topological polar surface area (TPSA) is 250 Å². The van der Waals surface area contributed by atoms with Crippen LogP contribution in [0.2, 0.25) is 0 Å². The van der Waals surface area contributed by atoms with Crippen molar-refractivity contribution in [3.8, 4) is 0 Å². The third-order valence-corrected chi connectivity index (χ3v) is 6.40. The molecular weight excluding hydrogens is 566 g/mol. The number of carbonyl (C=O) groups is 4. The molecule has 17 nitrogen and oxygen atoms in total. The molecule has 43 heavy (non-hydrogen) atoms. The summed E-state index contributed by atoms with van der Waals surface area (Å²) in [5.74, 6) is -3.92. The number of carboxylic acids is 4. The van der Waals surface area contributed by atoms with Gasteiger partial charge in [-0.3, -0.25) is 38.8 Å². The summed E-state index contributed by atoms with van der Waals surface area (Å²) >= 11 is 0. The van der Waals surface area contributed by atoms with E-state index >= 15 is 0 Å². The van der Waals surface area contributed by atoms with E-state index in [-0.39, 0.29) is 26.2 Å². The average Bonchev–Trinajstić information content (AvgIpc) is 2.92. The maximum atomic E-state index is 11.1. The smallest absolute Gasteiger partial charge is 0.317 e. The van der Waals surface area contributed by atoms with Gasteiger partial charge in [0.1, 0.15) is 0 Å². The Balaban J connectivity index is 0.00000114. The highest BCUT2D eigenvalue weighted by Crippen LogP contribution is 2.03. The fraction of sp³-hybridized carbons (Fsp3) is 0.846. The molecule has 0 amide bonds. The van der Waals surface area contributed by atoms with Crippen LogP contribution in [0.25, 0.3) is 0 Å². The lowest BCUT2D eigenvalue weighted by Gasteiger charge is -2.30. The SMILES string of the molecule is NCCNCCNCCNCCN.O=C(O)CN1CCCN(CC(=O)O)CCN(CC(=O)O)CCCN(CC(=O)O)CC1. The van der Waals surface area contributed by atoms with E-state index in [4.69, 9.17) is 31.9 Å². The van der Waals surface area contributed by atoms with Gasteiger partial charge < -0.3 is 47.8 Å². The number of nitrogens with zero attached hydrogens (tertiary/aromatic N) is 4. The highest BCUT2D eigenvalue weighted by atomic mass is 16.4. The molecule has 1 saturated heterocycles. The summed E-state index contributed by atoms with van der Waals surface area (Å²) in [4.78, 5) is 51.5. The van der Waals surface area contributed by atoms with Crippen molar-refractivity contribution in [2.45, 2.75) is 12.8 Å². The maximum absolute atomic E-state index is 11.1. The number of hydrogen-bond donors (Lipinski definition) is 9. The summed E-state index contributed by atoms with van der Waals surface area (Å²) in [6.45, 7) is 9.67. The van der Waals surface area contributed by atoms with E-state index in [1.807, 2.05) is 0 Å². The van der Waals surface area contributed by atoms with Crippen molar-refractivity contribution in [1.29, 1.82) is 0 Å². The lowest BCUT2D eigenvalue weighted by molar-refractivity contribution is -0.140. The Morgan fingerprint density at radius 3 is 0.884 bits per heavy atom. The first-order valence-electron chi connectivity index (χ1n) is 14.9. The van der Waals surface area contributed by atoms with Gasteiger partial charge in [0.15, 0.2) is 0 Å². The van der Waals surface area contributed by atoms with Crippen LogP contribution in [0.1, 0.15) is 12.8 Å². The number of aliphatic carboxylic acids is 4. The maximum Gasteiger partial charge on any atom is 0.317 e. The van der Waals surface area contributed by atoms with Crippen LogP contribution in [-0.4, -0.2) is 195 Å². The first-order valence-corrected chi connectivity index (χ1v) is 14.9. The van der Waals surface area contributed by atoms with Gasteiger partial charge in [-0.15, -0.1) is 0 Å². The monoisotopic (exact) mass is 621 g/mol. The third-order valence-electron chi connectivity index (χ3n) is 6.40. The van der Waals surface area contributed by atoms with E-state index in [1.165, 1.54) is 0 Å². The van der Waals surface area contributed by atoms with Crippen molar-refractivity contribution in [3.05, 3.63) is 0 Å². The van der Waals surface area contributed by atoms with E-state index in [9.17, 15) is 19.2 Å². The molecule has 0 aromatic carbocycles. The van der Waals surface area contributed by atoms with Gasteiger partial charge in [0.25, 0.3) is 0 Å². The fourth-order valence-electron chi connectivity index (χ4n) is 4.38. The average molecular weight is 622 g/mol. The van der Waals surface area contributed by atoms with Gasteiger partial charge in [-0.2, -0.15) is 0 Å². The number of nitrogens with one attached hydrogen (secondary N) is 3. The zero-order valence-electron chi connectivity index (χ0n) is 25.4. The lowest BCUT2D eigenvalue weighted by atomic mass is 10.2. The zero-order chi connectivity index (χ0) is 32.3. The summed E-state index contributed by atoms with van der Waals surface area (Å²) in [5, 5.41) is 46.2. The van der Waals surface area contributed by atoms with Crippen LogP contribution in [0.4, 0.5) is 0 Å². The molecule has 1 aliphatic heterocycles. The molecule has 252 valence electrons. The standard InChI is InChI=1S/C18H32N4O8.C8H23N5/c23-15(24)11-19-3-1-4-20(12-16(25)26)8-10-22(14-18(29)30)6-2-5-21(9-7-19)13-17(27)28;9-1-3-11-5-7-13-8-6-12-4-2-10/h1-14H2,(H,23,24)(H,25,26)(H,27,28)(H,29,30);11-13H,1-10H2. The summed E-state index contributed by atoms with van der Waals surface area (Å²) in [7, 11) is 0. The van der Waals surface area contributed by atoms with Gasteiger partial charge in [-0.25, -0.2) is 0 Å². The van der Waals surface area contributed by atoms with Crippen molar-refractivity contribution in [1.82, 2.24) is 35.6 Å². The molecule has 17 heteroatoms. The quantitative estimate of drug-likeness (QED) is 0.0661. The summed E-state index contributed by atoms with van der Waals surface area (Å²) < 4.78 is 0. The molecule has 0 spiro atoms. The van der Waals surface area contributed by atoms with E-state index in [1.54, 1.807) is 19.6 Å². The van der Waals surface area contributed by atoms with Crippen LogP contribution in [-0.2, 0) is 19.2 Å². The Kier molecular flexibility index (Phi) is 25.5.